The highest BCUT2D eigenvalue weighted by atomic mass is 16.1. The van der Waals surface area contributed by atoms with Gasteiger partial charge in [0.25, 0.3) is 5.91 Å². The predicted octanol–water partition coefficient (Wildman–Crippen LogP) is 2.87. The number of nitriles is 1. The molecule has 1 aliphatic carbocycles. The normalized spacial score (nSPS) is 23.1. The first-order valence-corrected chi connectivity index (χ1v) is 6.51. The van der Waals surface area contributed by atoms with Gasteiger partial charge in [0, 0.05) is 11.6 Å². The minimum Gasteiger partial charge on any atom is -0.349 e. The molecule has 3 heteroatoms. The zero-order valence-corrected chi connectivity index (χ0v) is 10.6. The number of rotatable bonds is 2. The second kappa shape index (κ2) is 5.68. The molecule has 18 heavy (non-hydrogen) atoms. The van der Waals surface area contributed by atoms with Crippen molar-refractivity contribution in [2.45, 2.75) is 38.6 Å². The van der Waals surface area contributed by atoms with Crippen LogP contribution in [0.3, 0.4) is 0 Å². The van der Waals surface area contributed by atoms with Crippen LogP contribution in [-0.2, 0) is 0 Å². The summed E-state index contributed by atoms with van der Waals surface area (Å²) in [6, 6.07) is 9.18. The number of nitrogens with one attached hydrogen (secondary N) is 1. The molecule has 1 saturated carbocycles. The van der Waals surface area contributed by atoms with Crippen LogP contribution in [0.5, 0.6) is 0 Å². The number of benzene rings is 1. The average molecular weight is 242 g/mol. The van der Waals surface area contributed by atoms with Crippen molar-refractivity contribution in [2.24, 2.45) is 5.92 Å². The van der Waals surface area contributed by atoms with Gasteiger partial charge in [-0.1, -0.05) is 25.8 Å². The predicted molar refractivity (Wildman–Crippen MR) is 70.0 cm³/mol. The van der Waals surface area contributed by atoms with E-state index in [2.05, 4.69) is 18.3 Å². The van der Waals surface area contributed by atoms with Gasteiger partial charge in [0.05, 0.1) is 11.6 Å². The van der Waals surface area contributed by atoms with Crippen LogP contribution in [0.2, 0.25) is 0 Å². The summed E-state index contributed by atoms with van der Waals surface area (Å²) in [6.45, 7) is 2.19. The van der Waals surface area contributed by atoms with Crippen molar-refractivity contribution in [2.75, 3.05) is 0 Å². The number of hydrogen-bond acceptors (Lipinski definition) is 2. The van der Waals surface area contributed by atoms with Gasteiger partial charge in [-0.2, -0.15) is 5.26 Å². The average Bonchev–Trinajstić information content (AvgIpc) is 2.41. The van der Waals surface area contributed by atoms with Gasteiger partial charge in [-0.25, -0.2) is 0 Å². The molecular formula is C15H18N2O. The molecule has 0 spiro atoms. The molecule has 1 N–H and O–H groups in total. The molecule has 0 aromatic heterocycles. The van der Waals surface area contributed by atoms with Crippen LogP contribution in [-0.4, -0.2) is 11.9 Å². The molecule has 2 rings (SSSR count). The minimum absolute atomic E-state index is 0.0640. The maximum Gasteiger partial charge on any atom is 0.251 e. The van der Waals surface area contributed by atoms with E-state index in [0.717, 1.165) is 6.42 Å². The highest BCUT2D eigenvalue weighted by Crippen LogP contribution is 2.24. The van der Waals surface area contributed by atoms with Crippen LogP contribution in [0.4, 0.5) is 0 Å². The summed E-state index contributed by atoms with van der Waals surface area (Å²) in [6.07, 6.45) is 4.69. The highest BCUT2D eigenvalue weighted by Gasteiger charge is 2.23. The summed E-state index contributed by atoms with van der Waals surface area (Å²) in [5, 5.41) is 11.9. The Kier molecular flexibility index (Phi) is 3.99. The van der Waals surface area contributed by atoms with Gasteiger partial charge in [-0.15, -0.1) is 0 Å². The van der Waals surface area contributed by atoms with Crippen molar-refractivity contribution in [3.05, 3.63) is 35.4 Å². The van der Waals surface area contributed by atoms with Gasteiger partial charge in [-0.05, 0) is 37.0 Å². The van der Waals surface area contributed by atoms with Gasteiger partial charge in [0.15, 0.2) is 0 Å². The smallest absolute Gasteiger partial charge is 0.251 e. The summed E-state index contributed by atoms with van der Waals surface area (Å²) in [5.41, 5.74) is 1.10. The van der Waals surface area contributed by atoms with E-state index in [1.807, 2.05) is 0 Å². The number of nitrogens with zero attached hydrogens (tertiary/aromatic N) is 1. The number of carbonyl (C=O) groups excluding carboxylic acids is 1. The summed E-state index contributed by atoms with van der Waals surface area (Å²) in [5.74, 6) is 0.479. The first kappa shape index (κ1) is 12.6. The van der Waals surface area contributed by atoms with E-state index in [-0.39, 0.29) is 11.9 Å². The molecular weight excluding hydrogens is 224 g/mol. The molecule has 94 valence electrons. The second-order valence-electron chi connectivity index (χ2n) is 5.03. The second-order valence-corrected chi connectivity index (χ2v) is 5.03. The largest absolute Gasteiger partial charge is 0.349 e. The monoisotopic (exact) mass is 242 g/mol. The Morgan fingerprint density at radius 3 is 2.89 bits per heavy atom. The zero-order valence-electron chi connectivity index (χ0n) is 10.6. The standard InChI is InChI=1S/C15H18N2O/c1-11-5-2-3-8-14(11)17-15(18)13-7-4-6-12(9-13)10-16/h4,6-7,9,11,14H,2-3,5,8H2,1H3,(H,17,18)/t11-,14-/m1/s1. The van der Waals surface area contributed by atoms with Crippen LogP contribution in [0.1, 0.15) is 48.5 Å². The summed E-state index contributed by atoms with van der Waals surface area (Å²) >= 11 is 0. The Hall–Kier alpha value is -1.82. The van der Waals surface area contributed by atoms with Crippen molar-refractivity contribution in [3.63, 3.8) is 0 Å². The maximum absolute atomic E-state index is 12.1. The Bertz CT molecular complexity index is 476. The summed E-state index contributed by atoms with van der Waals surface area (Å²) in [4.78, 5) is 12.1. The van der Waals surface area contributed by atoms with Gasteiger partial charge >= 0.3 is 0 Å². The van der Waals surface area contributed by atoms with Crippen LogP contribution in [0.25, 0.3) is 0 Å². The third-order valence-electron chi connectivity index (χ3n) is 3.68. The first-order chi connectivity index (χ1) is 8.70. The molecule has 0 unspecified atom stereocenters. The highest BCUT2D eigenvalue weighted by molar-refractivity contribution is 5.94. The first-order valence-electron chi connectivity index (χ1n) is 6.51. The quantitative estimate of drug-likeness (QED) is 0.867. The molecule has 0 bridgehead atoms. The minimum atomic E-state index is -0.0640. The Morgan fingerprint density at radius 1 is 1.39 bits per heavy atom. The molecule has 1 fully saturated rings. The number of carbonyl (C=O) groups is 1. The molecule has 0 saturated heterocycles. The fraction of sp³-hybridized carbons (Fsp3) is 0.467. The van der Waals surface area contributed by atoms with Crippen molar-refractivity contribution in [1.29, 1.82) is 5.26 Å². The molecule has 0 aliphatic heterocycles. The third kappa shape index (κ3) is 2.89. The van der Waals surface area contributed by atoms with E-state index >= 15 is 0 Å². The van der Waals surface area contributed by atoms with Gasteiger partial charge < -0.3 is 5.32 Å². The van der Waals surface area contributed by atoms with E-state index in [1.165, 1.54) is 19.3 Å². The molecule has 1 aliphatic rings. The van der Waals surface area contributed by atoms with E-state index in [0.29, 0.717) is 17.0 Å². The zero-order chi connectivity index (χ0) is 13.0. The van der Waals surface area contributed by atoms with Crippen molar-refractivity contribution < 1.29 is 4.79 Å². The summed E-state index contributed by atoms with van der Waals surface area (Å²) in [7, 11) is 0. The van der Waals surface area contributed by atoms with Gasteiger partial charge in [-0.3, -0.25) is 4.79 Å². The van der Waals surface area contributed by atoms with Crippen LogP contribution in [0.15, 0.2) is 24.3 Å². The lowest BCUT2D eigenvalue weighted by atomic mass is 9.86. The van der Waals surface area contributed by atoms with E-state index < -0.39 is 0 Å². The fourth-order valence-corrected chi connectivity index (χ4v) is 2.51. The van der Waals surface area contributed by atoms with Crippen LogP contribution in [0, 0.1) is 17.2 Å². The van der Waals surface area contributed by atoms with E-state index in [4.69, 9.17) is 5.26 Å². The lowest BCUT2D eigenvalue weighted by Crippen LogP contribution is -2.41. The fourth-order valence-electron chi connectivity index (χ4n) is 2.51. The Balaban J connectivity index is 2.05. The van der Waals surface area contributed by atoms with Crippen LogP contribution < -0.4 is 5.32 Å². The lowest BCUT2D eigenvalue weighted by Gasteiger charge is -2.29. The lowest BCUT2D eigenvalue weighted by molar-refractivity contribution is 0.0910. The van der Waals surface area contributed by atoms with Crippen molar-refractivity contribution in [3.8, 4) is 6.07 Å². The molecule has 2 atom stereocenters. The van der Waals surface area contributed by atoms with Crippen LogP contribution >= 0.6 is 0 Å². The van der Waals surface area contributed by atoms with Crippen molar-refractivity contribution >= 4 is 5.91 Å². The van der Waals surface area contributed by atoms with Gasteiger partial charge in [0.1, 0.15) is 0 Å². The topological polar surface area (TPSA) is 52.9 Å². The van der Waals surface area contributed by atoms with E-state index in [9.17, 15) is 4.79 Å². The maximum atomic E-state index is 12.1. The Morgan fingerprint density at radius 2 is 2.17 bits per heavy atom. The molecule has 1 aromatic rings. The van der Waals surface area contributed by atoms with E-state index in [1.54, 1.807) is 24.3 Å². The molecule has 0 radical (unpaired) electrons. The number of amides is 1. The Labute approximate surface area is 108 Å². The molecule has 1 amide bonds. The van der Waals surface area contributed by atoms with Gasteiger partial charge in [0.2, 0.25) is 0 Å². The third-order valence-corrected chi connectivity index (χ3v) is 3.68. The number of hydrogen-bond donors (Lipinski definition) is 1. The molecule has 1 aromatic carbocycles. The van der Waals surface area contributed by atoms with Crippen molar-refractivity contribution in [1.82, 2.24) is 5.32 Å². The summed E-state index contributed by atoms with van der Waals surface area (Å²) < 4.78 is 0. The molecule has 0 heterocycles. The molecule has 3 nitrogen and oxygen atoms in total. The SMILES string of the molecule is C[C@@H]1CCCC[C@H]1NC(=O)c1cccc(C#N)c1.